The van der Waals surface area contributed by atoms with Gasteiger partial charge in [0.1, 0.15) is 5.82 Å². The highest BCUT2D eigenvalue weighted by Gasteiger charge is 2.22. The van der Waals surface area contributed by atoms with Crippen molar-refractivity contribution in [2.24, 2.45) is 0 Å². The largest absolute Gasteiger partial charge is 0.465 e. The van der Waals surface area contributed by atoms with Crippen molar-refractivity contribution < 1.29 is 9.90 Å². The molecule has 1 aliphatic heterocycles. The van der Waals surface area contributed by atoms with Gasteiger partial charge >= 0.3 is 6.09 Å². The lowest BCUT2D eigenvalue weighted by Gasteiger charge is -2.28. The highest BCUT2D eigenvalue weighted by Crippen LogP contribution is 2.33. The summed E-state index contributed by atoms with van der Waals surface area (Å²) >= 11 is 6.50. The molecule has 0 atom stereocenters. The van der Waals surface area contributed by atoms with Crippen LogP contribution in [-0.2, 0) is 13.0 Å². The van der Waals surface area contributed by atoms with E-state index >= 15 is 0 Å². The lowest BCUT2D eigenvalue weighted by atomic mass is 9.97. The molecule has 1 aromatic heterocycles. The summed E-state index contributed by atoms with van der Waals surface area (Å²) in [5.41, 5.74) is 6.82. The number of carbonyl (C=O) groups is 1. The molecule has 0 saturated heterocycles. The molecule has 32 heavy (non-hydrogen) atoms. The minimum atomic E-state index is -0.885. The summed E-state index contributed by atoms with van der Waals surface area (Å²) in [7, 11) is 0. The molecule has 0 bridgehead atoms. The quantitative estimate of drug-likeness (QED) is 0.351. The zero-order chi connectivity index (χ0) is 22.1. The Morgan fingerprint density at radius 1 is 1.09 bits per heavy atom. The fraction of sp³-hybridized carbons (Fsp3) is 0.120. The smallest absolute Gasteiger partial charge is 0.407 e. The van der Waals surface area contributed by atoms with Gasteiger partial charge in [-0.05, 0) is 47.4 Å². The van der Waals surface area contributed by atoms with E-state index in [1.165, 1.54) is 4.90 Å². The van der Waals surface area contributed by atoms with Crippen molar-refractivity contribution in [2.45, 2.75) is 13.0 Å². The monoisotopic (exact) mass is 444 g/mol. The molecular formula is C25H21ClN4O2. The average Bonchev–Trinajstić information content (AvgIpc) is 3.31. The maximum Gasteiger partial charge on any atom is 0.407 e. The first-order chi connectivity index (χ1) is 15.6. The highest BCUT2D eigenvalue weighted by molar-refractivity contribution is 6.33. The second-order valence-corrected chi connectivity index (χ2v) is 8.14. The second kappa shape index (κ2) is 8.40. The third-order valence-corrected chi connectivity index (χ3v) is 6.03. The van der Waals surface area contributed by atoms with Crippen LogP contribution >= 0.6 is 11.6 Å². The molecule has 0 spiro atoms. The van der Waals surface area contributed by atoms with Gasteiger partial charge in [0.15, 0.2) is 0 Å². The average molecular weight is 445 g/mol. The number of carboxylic acid groups (broad SMARTS) is 1. The first-order valence-corrected chi connectivity index (χ1v) is 10.7. The Morgan fingerprint density at radius 3 is 2.75 bits per heavy atom. The number of hydrogen-bond acceptors (Lipinski definition) is 3. The van der Waals surface area contributed by atoms with Gasteiger partial charge in [0.05, 0.1) is 16.9 Å². The number of aromatic nitrogens is 2. The fourth-order valence-corrected chi connectivity index (χ4v) is 4.26. The van der Waals surface area contributed by atoms with Crippen LogP contribution in [0.1, 0.15) is 11.1 Å². The van der Waals surface area contributed by atoms with Crippen molar-refractivity contribution in [1.82, 2.24) is 14.9 Å². The summed E-state index contributed by atoms with van der Waals surface area (Å²) in [6.45, 7) is 0.891. The number of benzene rings is 3. The maximum atomic E-state index is 11.3. The number of fused-ring (bicyclic) bond motifs is 1. The molecule has 1 aliphatic rings. The van der Waals surface area contributed by atoms with Crippen molar-refractivity contribution in [1.29, 1.82) is 0 Å². The molecule has 4 aromatic rings. The van der Waals surface area contributed by atoms with Crippen LogP contribution in [0.15, 0.2) is 72.9 Å². The molecule has 5 rings (SSSR count). The molecular weight excluding hydrogens is 424 g/mol. The summed E-state index contributed by atoms with van der Waals surface area (Å²) < 4.78 is 0. The first kappa shape index (κ1) is 20.2. The zero-order valence-electron chi connectivity index (χ0n) is 17.2. The molecule has 6 nitrogen and oxygen atoms in total. The van der Waals surface area contributed by atoms with Gasteiger partial charge in [-0.3, -0.25) is 0 Å². The number of nitrogens with zero attached hydrogens (tertiary/aromatic N) is 2. The number of nitrogens with one attached hydrogen (secondary N) is 2. The molecule has 0 aliphatic carbocycles. The number of H-pyrrole nitrogens is 1. The van der Waals surface area contributed by atoms with E-state index in [9.17, 15) is 9.90 Å². The van der Waals surface area contributed by atoms with E-state index < -0.39 is 6.09 Å². The van der Waals surface area contributed by atoms with Gasteiger partial charge in [-0.1, -0.05) is 54.1 Å². The third-order valence-electron chi connectivity index (χ3n) is 5.70. The van der Waals surface area contributed by atoms with E-state index in [1.807, 2.05) is 72.9 Å². The minimum Gasteiger partial charge on any atom is -0.465 e. The topological polar surface area (TPSA) is 81.2 Å². The highest BCUT2D eigenvalue weighted by atomic mass is 35.5. The molecule has 1 amide bonds. The Morgan fingerprint density at radius 2 is 1.94 bits per heavy atom. The molecule has 0 radical (unpaired) electrons. The maximum absolute atomic E-state index is 11.3. The van der Waals surface area contributed by atoms with Crippen molar-refractivity contribution in [3.63, 3.8) is 0 Å². The van der Waals surface area contributed by atoms with Crippen molar-refractivity contribution in [3.8, 4) is 22.6 Å². The number of aromatic amines is 1. The number of hydrogen-bond donors (Lipinski definition) is 3. The Balaban J connectivity index is 1.43. The fourth-order valence-electron chi connectivity index (χ4n) is 4.05. The third kappa shape index (κ3) is 3.92. The molecule has 0 saturated carbocycles. The predicted octanol–water partition coefficient (Wildman–Crippen LogP) is 6.18. The normalized spacial score (nSPS) is 13.0. The number of imidazole rings is 1. The van der Waals surface area contributed by atoms with E-state index in [-0.39, 0.29) is 0 Å². The standard InChI is InChI=1S/C25H21ClN4O2/c26-21-10-9-18(13-20(21)24-27-14-23(29-24)16-5-2-1-3-6-16)28-22-8-4-7-17-15-30(25(31)32)12-11-19(17)22/h1-10,13-14,28H,11-12,15H2,(H,27,29)(H,31,32). The summed E-state index contributed by atoms with van der Waals surface area (Å²) in [6.07, 6.45) is 1.59. The van der Waals surface area contributed by atoms with Crippen LogP contribution in [0.3, 0.4) is 0 Å². The Hall–Kier alpha value is -3.77. The van der Waals surface area contributed by atoms with Gasteiger partial charge in [0.2, 0.25) is 0 Å². The molecule has 0 fully saturated rings. The van der Waals surface area contributed by atoms with Gasteiger partial charge in [0.25, 0.3) is 0 Å². The summed E-state index contributed by atoms with van der Waals surface area (Å²) in [4.78, 5) is 20.7. The van der Waals surface area contributed by atoms with Crippen molar-refractivity contribution >= 4 is 29.1 Å². The van der Waals surface area contributed by atoms with Crippen LogP contribution in [0.2, 0.25) is 5.02 Å². The van der Waals surface area contributed by atoms with Crippen LogP contribution in [0.25, 0.3) is 22.6 Å². The lowest BCUT2D eigenvalue weighted by Crippen LogP contribution is -2.34. The zero-order valence-corrected chi connectivity index (χ0v) is 17.9. The van der Waals surface area contributed by atoms with E-state index in [2.05, 4.69) is 15.3 Å². The van der Waals surface area contributed by atoms with E-state index in [0.717, 1.165) is 39.3 Å². The first-order valence-electron chi connectivity index (χ1n) is 10.3. The molecule has 160 valence electrons. The number of anilines is 2. The number of amides is 1. The van der Waals surface area contributed by atoms with Crippen LogP contribution < -0.4 is 5.32 Å². The van der Waals surface area contributed by atoms with Gasteiger partial charge in [-0.2, -0.15) is 0 Å². The molecule has 3 N–H and O–H groups in total. The second-order valence-electron chi connectivity index (χ2n) is 7.73. The number of halogens is 1. The van der Waals surface area contributed by atoms with Crippen molar-refractivity contribution in [3.05, 3.63) is 89.1 Å². The Kier molecular flexibility index (Phi) is 5.29. The van der Waals surface area contributed by atoms with E-state index in [4.69, 9.17) is 11.6 Å². The minimum absolute atomic E-state index is 0.403. The SMILES string of the molecule is O=C(O)N1CCc2c(cccc2Nc2ccc(Cl)c(-c3ncc(-c4ccccc4)[nH]3)c2)C1. The Bertz CT molecular complexity index is 1290. The van der Waals surface area contributed by atoms with Crippen LogP contribution in [0.5, 0.6) is 0 Å². The number of rotatable bonds is 4. The van der Waals surface area contributed by atoms with Crippen LogP contribution in [-0.4, -0.2) is 32.6 Å². The predicted molar refractivity (Wildman–Crippen MR) is 126 cm³/mol. The van der Waals surface area contributed by atoms with Gasteiger partial charge < -0.3 is 20.3 Å². The van der Waals surface area contributed by atoms with Crippen LogP contribution in [0.4, 0.5) is 16.2 Å². The Labute approximate surface area is 190 Å². The lowest BCUT2D eigenvalue weighted by molar-refractivity contribution is 0.140. The van der Waals surface area contributed by atoms with Crippen molar-refractivity contribution in [2.75, 3.05) is 11.9 Å². The van der Waals surface area contributed by atoms with Gasteiger partial charge in [0, 0.05) is 30.0 Å². The summed E-state index contributed by atoms with van der Waals surface area (Å²) in [6, 6.07) is 21.7. The summed E-state index contributed by atoms with van der Waals surface area (Å²) in [5, 5.41) is 13.4. The molecule has 0 unspecified atom stereocenters. The molecule has 2 heterocycles. The van der Waals surface area contributed by atoms with Gasteiger partial charge in [-0.15, -0.1) is 0 Å². The summed E-state index contributed by atoms with van der Waals surface area (Å²) in [5.74, 6) is 0.699. The van der Waals surface area contributed by atoms with Gasteiger partial charge in [-0.25, -0.2) is 9.78 Å². The van der Waals surface area contributed by atoms with E-state index in [0.29, 0.717) is 30.4 Å². The molecule has 3 aromatic carbocycles. The molecule has 7 heteroatoms. The van der Waals surface area contributed by atoms with E-state index in [1.54, 1.807) is 0 Å². The van der Waals surface area contributed by atoms with Crippen LogP contribution in [0, 0.1) is 0 Å².